The van der Waals surface area contributed by atoms with Crippen molar-refractivity contribution in [2.24, 2.45) is 5.73 Å². The second-order valence-electron chi connectivity index (χ2n) is 11.5. The van der Waals surface area contributed by atoms with Crippen LogP contribution >= 0.6 is 0 Å². The molecule has 2 aliphatic heterocycles. The van der Waals surface area contributed by atoms with E-state index in [0.29, 0.717) is 41.0 Å². The molecule has 1 fully saturated rings. The lowest BCUT2D eigenvalue weighted by Gasteiger charge is -2.34. The van der Waals surface area contributed by atoms with Gasteiger partial charge in [-0.15, -0.1) is 0 Å². The smallest absolute Gasteiger partial charge is 0.143 e. The van der Waals surface area contributed by atoms with Gasteiger partial charge in [-0.05, 0) is 49.9 Å². The van der Waals surface area contributed by atoms with Crippen LogP contribution in [0.2, 0.25) is 0 Å². The molecule has 5 aromatic rings. The van der Waals surface area contributed by atoms with E-state index in [1.165, 1.54) is 12.1 Å². The van der Waals surface area contributed by atoms with Crippen molar-refractivity contribution < 1.29 is 13.9 Å². The third-order valence-corrected chi connectivity index (χ3v) is 8.81. The zero-order valence-electron chi connectivity index (χ0n) is 23.8. The van der Waals surface area contributed by atoms with Gasteiger partial charge in [-0.3, -0.25) is 0 Å². The van der Waals surface area contributed by atoms with Crippen LogP contribution in [0.3, 0.4) is 0 Å². The highest BCUT2D eigenvalue weighted by Crippen LogP contribution is 2.46. The second-order valence-corrected chi connectivity index (χ2v) is 11.5. The van der Waals surface area contributed by atoms with E-state index in [1.54, 1.807) is 24.4 Å². The van der Waals surface area contributed by atoms with Crippen molar-refractivity contribution in [1.29, 1.82) is 5.26 Å². The molecular weight excluding hydrogens is 548 g/mol. The standard InChI is InChI=1S/C33H31F2N7O/c1-19(28-18-41-9-3-6-29(41)39-28)42-17-27(25-5-2-4-20(15-36)32(25)43)30-31(40-10-7-24(37)8-11-40)26(16-38-33(30)42)21-12-22(34)14-23(35)13-21/h2,4-5,12-14,16-19,24,43H,3,6-11,37H2,1H3. The molecule has 43 heavy (non-hydrogen) atoms. The molecule has 3 aromatic heterocycles. The lowest BCUT2D eigenvalue weighted by molar-refractivity contribution is 0.475. The van der Waals surface area contributed by atoms with Gasteiger partial charge in [-0.1, -0.05) is 12.1 Å². The van der Waals surface area contributed by atoms with Crippen LogP contribution in [0.5, 0.6) is 5.75 Å². The van der Waals surface area contributed by atoms with Crippen LogP contribution in [0, 0.1) is 23.0 Å². The number of hydrogen-bond donors (Lipinski definition) is 2. The number of nitrogens with zero attached hydrogens (tertiary/aromatic N) is 6. The molecule has 10 heteroatoms. The zero-order chi connectivity index (χ0) is 29.8. The average molecular weight is 580 g/mol. The zero-order valence-corrected chi connectivity index (χ0v) is 23.8. The molecule has 218 valence electrons. The van der Waals surface area contributed by atoms with E-state index in [2.05, 4.69) is 28.7 Å². The van der Waals surface area contributed by atoms with Gasteiger partial charge < -0.3 is 24.9 Å². The number of nitriles is 1. The first kappa shape index (κ1) is 27.1. The number of hydrogen-bond acceptors (Lipinski definition) is 6. The molecule has 0 aliphatic carbocycles. The monoisotopic (exact) mass is 579 g/mol. The van der Waals surface area contributed by atoms with Gasteiger partial charge >= 0.3 is 0 Å². The SMILES string of the molecule is CC(c1cn2c(n1)CCC2)n1cc(-c2cccc(C#N)c2O)c2c(N3CCC(N)CC3)c(-c3cc(F)cc(F)c3)cnc21. The van der Waals surface area contributed by atoms with Crippen LogP contribution in [0.15, 0.2) is 55.0 Å². The van der Waals surface area contributed by atoms with Crippen LogP contribution in [0.4, 0.5) is 14.5 Å². The Morgan fingerprint density at radius 1 is 1.05 bits per heavy atom. The summed E-state index contributed by atoms with van der Waals surface area (Å²) in [5, 5.41) is 21.7. The summed E-state index contributed by atoms with van der Waals surface area (Å²) in [6.45, 7) is 4.28. The highest BCUT2D eigenvalue weighted by atomic mass is 19.1. The Hall–Kier alpha value is -4.75. The van der Waals surface area contributed by atoms with Gasteiger partial charge in [0.2, 0.25) is 0 Å². The number of para-hydroxylation sites is 1. The number of rotatable bonds is 5. The molecular formula is C33H31F2N7O. The quantitative estimate of drug-likeness (QED) is 0.268. The Morgan fingerprint density at radius 2 is 1.81 bits per heavy atom. The van der Waals surface area contributed by atoms with E-state index in [9.17, 15) is 19.1 Å². The maximum Gasteiger partial charge on any atom is 0.143 e. The molecule has 0 spiro atoms. The van der Waals surface area contributed by atoms with Crippen LogP contribution in [-0.4, -0.2) is 43.3 Å². The first-order valence-electron chi connectivity index (χ1n) is 14.6. The molecule has 2 aliphatic rings. The van der Waals surface area contributed by atoms with Crippen molar-refractivity contribution in [3.05, 3.63) is 83.7 Å². The van der Waals surface area contributed by atoms with Gasteiger partial charge in [-0.2, -0.15) is 5.26 Å². The van der Waals surface area contributed by atoms with E-state index < -0.39 is 11.6 Å². The van der Waals surface area contributed by atoms with E-state index in [0.717, 1.165) is 60.9 Å². The first-order valence-corrected chi connectivity index (χ1v) is 14.6. The van der Waals surface area contributed by atoms with Crippen molar-refractivity contribution in [2.45, 2.75) is 51.2 Å². The summed E-state index contributed by atoms with van der Waals surface area (Å²) in [5.74, 6) is -0.432. The summed E-state index contributed by atoms with van der Waals surface area (Å²) in [7, 11) is 0. The van der Waals surface area contributed by atoms with Crippen molar-refractivity contribution >= 4 is 16.7 Å². The molecule has 0 saturated carbocycles. The van der Waals surface area contributed by atoms with Gasteiger partial charge in [0.1, 0.15) is 34.9 Å². The second kappa shape index (κ2) is 10.5. The number of fused-ring (bicyclic) bond motifs is 2. The third kappa shape index (κ3) is 4.61. The summed E-state index contributed by atoms with van der Waals surface area (Å²) in [5.41, 5.74) is 10.8. The number of nitrogens with two attached hydrogens (primary N) is 1. The number of aromatic hydroxyl groups is 1. The van der Waals surface area contributed by atoms with Gasteiger partial charge in [-0.25, -0.2) is 18.7 Å². The van der Waals surface area contributed by atoms with E-state index in [4.69, 9.17) is 15.7 Å². The molecule has 0 amide bonds. The number of halogens is 2. The van der Waals surface area contributed by atoms with Crippen molar-refractivity contribution in [3.8, 4) is 34.1 Å². The van der Waals surface area contributed by atoms with Crippen LogP contribution in [0.1, 0.15) is 49.3 Å². The predicted molar refractivity (Wildman–Crippen MR) is 161 cm³/mol. The molecule has 0 radical (unpaired) electrons. The molecule has 1 atom stereocenters. The first-order chi connectivity index (χ1) is 20.8. The Kier molecular flexibility index (Phi) is 6.62. The molecule has 0 bridgehead atoms. The number of anilines is 1. The lowest BCUT2D eigenvalue weighted by atomic mass is 9.95. The minimum atomic E-state index is -0.680. The maximum atomic E-state index is 14.5. The molecule has 3 N–H and O–H groups in total. The van der Waals surface area contributed by atoms with E-state index in [1.807, 2.05) is 10.8 Å². The minimum absolute atomic E-state index is 0.0620. The van der Waals surface area contributed by atoms with Crippen molar-refractivity contribution in [3.63, 3.8) is 0 Å². The van der Waals surface area contributed by atoms with Crippen molar-refractivity contribution in [1.82, 2.24) is 19.1 Å². The summed E-state index contributed by atoms with van der Waals surface area (Å²) < 4.78 is 33.3. The summed E-state index contributed by atoms with van der Waals surface area (Å²) >= 11 is 0. The largest absolute Gasteiger partial charge is 0.506 e. The third-order valence-electron chi connectivity index (χ3n) is 8.81. The van der Waals surface area contributed by atoms with E-state index in [-0.39, 0.29) is 23.4 Å². The fraction of sp³-hybridized carbons (Fsp3) is 0.303. The van der Waals surface area contributed by atoms with Crippen LogP contribution in [0.25, 0.3) is 33.3 Å². The minimum Gasteiger partial charge on any atom is -0.506 e. The lowest BCUT2D eigenvalue weighted by Crippen LogP contribution is -2.40. The maximum absolute atomic E-state index is 14.5. The Labute approximate surface area is 247 Å². The molecule has 1 saturated heterocycles. The number of imidazole rings is 1. The normalized spacial score (nSPS) is 16.0. The summed E-state index contributed by atoms with van der Waals surface area (Å²) in [4.78, 5) is 12.0. The van der Waals surface area contributed by atoms with Gasteiger partial charge in [0, 0.05) is 73.4 Å². The Morgan fingerprint density at radius 3 is 2.53 bits per heavy atom. The van der Waals surface area contributed by atoms with Gasteiger partial charge in [0.15, 0.2) is 0 Å². The van der Waals surface area contributed by atoms with Crippen LogP contribution < -0.4 is 10.6 Å². The van der Waals surface area contributed by atoms with E-state index >= 15 is 0 Å². The highest BCUT2D eigenvalue weighted by molar-refractivity contribution is 6.09. The Balaban J connectivity index is 1.53. The number of aryl methyl sites for hydroxylation is 2. The topological polar surface area (TPSA) is 109 Å². The number of piperidine rings is 1. The molecule has 8 nitrogen and oxygen atoms in total. The molecule has 5 heterocycles. The van der Waals surface area contributed by atoms with Gasteiger partial charge in [0.25, 0.3) is 0 Å². The molecule has 2 aromatic carbocycles. The number of aromatic nitrogens is 4. The molecule has 7 rings (SSSR count). The van der Waals surface area contributed by atoms with Crippen molar-refractivity contribution in [2.75, 3.05) is 18.0 Å². The number of benzene rings is 2. The number of phenols is 1. The van der Waals surface area contributed by atoms with Gasteiger partial charge in [0.05, 0.1) is 28.4 Å². The summed E-state index contributed by atoms with van der Waals surface area (Å²) in [6, 6.07) is 10.5. The Bertz CT molecular complexity index is 1870. The molecule has 1 unspecified atom stereocenters. The fourth-order valence-electron chi connectivity index (χ4n) is 6.54. The van der Waals surface area contributed by atoms with Crippen LogP contribution in [-0.2, 0) is 13.0 Å². The highest BCUT2D eigenvalue weighted by Gasteiger charge is 2.29. The summed E-state index contributed by atoms with van der Waals surface area (Å²) in [6.07, 6.45) is 9.22. The predicted octanol–water partition coefficient (Wildman–Crippen LogP) is 5.91. The average Bonchev–Trinajstić information content (AvgIpc) is 3.71. The number of pyridine rings is 1. The number of phenolic OH excluding ortho intramolecular Hbond substituents is 1. The fourth-order valence-corrected chi connectivity index (χ4v) is 6.54.